The van der Waals surface area contributed by atoms with Gasteiger partial charge in [-0.05, 0) is 57.7 Å². The molecule has 1 saturated heterocycles. The zero-order valence-corrected chi connectivity index (χ0v) is 13.1. The fraction of sp³-hybridized carbons (Fsp3) is 0.667. The van der Waals surface area contributed by atoms with E-state index in [1.165, 1.54) is 11.1 Å². The maximum absolute atomic E-state index is 6.08. The molecule has 0 atom stereocenters. The van der Waals surface area contributed by atoms with E-state index in [4.69, 9.17) is 9.31 Å². The van der Waals surface area contributed by atoms with Crippen molar-refractivity contribution in [2.24, 2.45) is 0 Å². The van der Waals surface area contributed by atoms with Gasteiger partial charge in [0.25, 0.3) is 0 Å². The van der Waals surface area contributed by atoms with Gasteiger partial charge in [0, 0.05) is 6.20 Å². The molecule has 0 aromatic carbocycles. The van der Waals surface area contributed by atoms with E-state index in [2.05, 4.69) is 59.5 Å². The zero-order valence-electron chi connectivity index (χ0n) is 13.1. The van der Waals surface area contributed by atoms with Crippen molar-refractivity contribution in [1.82, 2.24) is 4.98 Å². The van der Waals surface area contributed by atoms with Gasteiger partial charge in [0.15, 0.2) is 0 Å². The Morgan fingerprint density at radius 1 is 1.11 bits per heavy atom. The summed E-state index contributed by atoms with van der Waals surface area (Å²) in [6.07, 6.45) is 1.85. The summed E-state index contributed by atoms with van der Waals surface area (Å²) in [6, 6.07) is 2.08. The third-order valence-electron chi connectivity index (χ3n) is 4.38. The Morgan fingerprint density at radius 3 is 2.11 bits per heavy atom. The van der Waals surface area contributed by atoms with Gasteiger partial charge < -0.3 is 9.31 Å². The smallest absolute Gasteiger partial charge is 0.398 e. The van der Waals surface area contributed by atoms with E-state index in [1.807, 2.05) is 6.20 Å². The molecule has 1 aliphatic heterocycles. The fourth-order valence-electron chi connectivity index (χ4n) is 2.39. The highest BCUT2D eigenvalue weighted by Crippen LogP contribution is 2.36. The second-order valence-electron chi connectivity index (χ2n) is 6.65. The van der Waals surface area contributed by atoms with Crippen molar-refractivity contribution in [3.8, 4) is 0 Å². The number of rotatable bonds is 2. The Kier molecular flexibility index (Phi) is 3.52. The molecule has 0 amide bonds. The molecule has 0 aliphatic carbocycles. The van der Waals surface area contributed by atoms with E-state index in [0.29, 0.717) is 5.92 Å². The molecule has 0 saturated carbocycles. The van der Waals surface area contributed by atoms with E-state index in [0.717, 1.165) is 5.59 Å². The molecular weight excluding hydrogens is 237 g/mol. The van der Waals surface area contributed by atoms with Crippen molar-refractivity contribution < 1.29 is 9.31 Å². The van der Waals surface area contributed by atoms with Crippen LogP contribution in [0, 0.1) is 6.92 Å². The van der Waals surface area contributed by atoms with Gasteiger partial charge in [-0.25, -0.2) is 0 Å². The molecule has 0 spiro atoms. The first kappa shape index (κ1) is 14.5. The van der Waals surface area contributed by atoms with Crippen LogP contribution in [0.4, 0.5) is 0 Å². The molecule has 1 aliphatic rings. The van der Waals surface area contributed by atoms with E-state index in [-0.39, 0.29) is 18.3 Å². The molecule has 0 N–H and O–H groups in total. The molecule has 4 heteroatoms. The van der Waals surface area contributed by atoms with Crippen LogP contribution in [0.1, 0.15) is 58.6 Å². The normalized spacial score (nSPS) is 21.2. The molecular formula is C15H24BNO2. The van der Waals surface area contributed by atoms with E-state index in [1.54, 1.807) is 0 Å². The first-order valence-electron chi connectivity index (χ1n) is 6.97. The minimum Gasteiger partial charge on any atom is -0.398 e. The van der Waals surface area contributed by atoms with Gasteiger partial charge in [-0.3, -0.25) is 4.98 Å². The quantitative estimate of drug-likeness (QED) is 0.767. The molecule has 104 valence electrons. The lowest BCUT2D eigenvalue weighted by Crippen LogP contribution is -2.41. The summed E-state index contributed by atoms with van der Waals surface area (Å²) in [5, 5.41) is 0. The highest BCUT2D eigenvalue weighted by Gasteiger charge is 2.52. The lowest BCUT2D eigenvalue weighted by Gasteiger charge is -2.32. The Hall–Kier alpha value is -0.865. The summed E-state index contributed by atoms with van der Waals surface area (Å²) in [5.41, 5.74) is 2.75. The van der Waals surface area contributed by atoms with Crippen molar-refractivity contribution in [3.05, 3.63) is 23.4 Å². The van der Waals surface area contributed by atoms with Gasteiger partial charge in [-0.15, -0.1) is 0 Å². The number of hydrogen-bond donors (Lipinski definition) is 0. The predicted octanol–water partition coefficient (Wildman–Crippen LogP) is 2.81. The average molecular weight is 261 g/mol. The Bertz CT molecular complexity index is 467. The van der Waals surface area contributed by atoms with Crippen LogP contribution < -0.4 is 5.59 Å². The van der Waals surface area contributed by atoms with Crippen molar-refractivity contribution in [2.45, 2.75) is 65.6 Å². The summed E-state index contributed by atoms with van der Waals surface area (Å²) in [4.78, 5) is 4.48. The highest BCUT2D eigenvalue weighted by molar-refractivity contribution is 6.61. The molecule has 0 radical (unpaired) electrons. The summed E-state index contributed by atoms with van der Waals surface area (Å²) in [7, 11) is -0.372. The lowest BCUT2D eigenvalue weighted by molar-refractivity contribution is 0.00578. The van der Waals surface area contributed by atoms with E-state index in [9.17, 15) is 0 Å². The summed E-state index contributed by atoms with van der Waals surface area (Å²) >= 11 is 0. The molecule has 1 aromatic rings. The maximum Gasteiger partial charge on any atom is 0.514 e. The summed E-state index contributed by atoms with van der Waals surface area (Å²) in [6.45, 7) is 14.7. The van der Waals surface area contributed by atoms with Crippen molar-refractivity contribution in [1.29, 1.82) is 0 Å². The molecule has 2 heterocycles. The lowest BCUT2D eigenvalue weighted by atomic mass is 9.78. The number of hydrogen-bond acceptors (Lipinski definition) is 3. The van der Waals surface area contributed by atoms with Crippen molar-refractivity contribution >= 4 is 12.7 Å². The van der Waals surface area contributed by atoms with Gasteiger partial charge in [0.1, 0.15) is 0 Å². The van der Waals surface area contributed by atoms with Crippen LogP contribution in [0.25, 0.3) is 0 Å². The number of pyridine rings is 1. The van der Waals surface area contributed by atoms with Crippen LogP contribution >= 0.6 is 0 Å². The third-order valence-corrected chi connectivity index (χ3v) is 4.38. The first-order valence-corrected chi connectivity index (χ1v) is 6.97. The molecule has 2 rings (SSSR count). The number of aromatic nitrogens is 1. The van der Waals surface area contributed by atoms with Crippen LogP contribution in [0.5, 0.6) is 0 Å². The maximum atomic E-state index is 6.08. The minimum atomic E-state index is -0.372. The zero-order chi connectivity index (χ0) is 14.4. The summed E-state index contributed by atoms with van der Waals surface area (Å²) in [5.74, 6) is 0.476. The second kappa shape index (κ2) is 4.60. The molecule has 19 heavy (non-hydrogen) atoms. The Morgan fingerprint density at radius 2 is 1.63 bits per heavy atom. The molecule has 1 aromatic heterocycles. The second-order valence-corrected chi connectivity index (χ2v) is 6.65. The predicted molar refractivity (Wildman–Crippen MR) is 78.8 cm³/mol. The largest absolute Gasteiger partial charge is 0.514 e. The van der Waals surface area contributed by atoms with Crippen molar-refractivity contribution in [3.63, 3.8) is 0 Å². The number of nitrogens with zero attached hydrogens (tertiary/aromatic N) is 1. The van der Waals surface area contributed by atoms with Gasteiger partial charge >= 0.3 is 7.12 Å². The van der Waals surface area contributed by atoms with Crippen LogP contribution in [-0.4, -0.2) is 23.3 Å². The SMILES string of the molecule is Cc1c(C(C)C)ccnc1B1OC(C)(C)C(C)(C)O1. The average Bonchev–Trinajstić information content (AvgIpc) is 2.47. The topological polar surface area (TPSA) is 31.4 Å². The van der Waals surface area contributed by atoms with Gasteiger partial charge in [0.05, 0.1) is 16.8 Å². The minimum absolute atomic E-state index is 0.320. The van der Waals surface area contributed by atoms with Gasteiger partial charge in [-0.1, -0.05) is 13.8 Å². The first-order chi connectivity index (χ1) is 8.66. The summed E-state index contributed by atoms with van der Waals surface area (Å²) < 4.78 is 12.2. The standard InChI is InChI=1S/C15H24BNO2/c1-10(2)12-8-9-17-13(11(12)3)16-18-14(4,5)15(6,7)19-16/h8-10H,1-7H3. The van der Waals surface area contributed by atoms with Gasteiger partial charge in [-0.2, -0.15) is 0 Å². The highest BCUT2D eigenvalue weighted by atomic mass is 16.7. The third kappa shape index (κ3) is 2.44. The molecule has 3 nitrogen and oxygen atoms in total. The van der Waals surface area contributed by atoms with Crippen molar-refractivity contribution in [2.75, 3.05) is 0 Å². The molecule has 0 unspecified atom stereocenters. The Labute approximate surface area is 116 Å². The van der Waals surface area contributed by atoms with Crippen LogP contribution in [-0.2, 0) is 9.31 Å². The van der Waals surface area contributed by atoms with E-state index < -0.39 is 0 Å². The van der Waals surface area contributed by atoms with Crippen LogP contribution in [0.2, 0.25) is 0 Å². The fourth-order valence-corrected chi connectivity index (χ4v) is 2.39. The van der Waals surface area contributed by atoms with E-state index >= 15 is 0 Å². The van der Waals surface area contributed by atoms with Gasteiger partial charge in [0.2, 0.25) is 0 Å². The van der Waals surface area contributed by atoms with Crippen LogP contribution in [0.3, 0.4) is 0 Å². The molecule has 0 bridgehead atoms. The van der Waals surface area contributed by atoms with Crippen LogP contribution in [0.15, 0.2) is 12.3 Å². The Balaban J connectivity index is 2.38. The monoisotopic (exact) mass is 261 g/mol. The molecule has 1 fully saturated rings.